The van der Waals surface area contributed by atoms with E-state index in [9.17, 15) is 4.79 Å². The predicted molar refractivity (Wildman–Crippen MR) is 55.2 cm³/mol. The van der Waals surface area contributed by atoms with Gasteiger partial charge in [-0.1, -0.05) is 0 Å². The molecule has 84 valence electrons. The summed E-state index contributed by atoms with van der Waals surface area (Å²) in [6.07, 6.45) is 1.56. The van der Waals surface area contributed by atoms with Gasteiger partial charge in [0.25, 0.3) is 0 Å². The van der Waals surface area contributed by atoms with Crippen molar-refractivity contribution in [3.63, 3.8) is 0 Å². The molecule has 0 aromatic heterocycles. The van der Waals surface area contributed by atoms with Crippen molar-refractivity contribution in [3.05, 3.63) is 0 Å². The maximum absolute atomic E-state index is 10.8. The summed E-state index contributed by atoms with van der Waals surface area (Å²) in [5, 5.41) is 0. The first-order valence-corrected chi connectivity index (χ1v) is 4.88. The quantitative estimate of drug-likeness (QED) is 0.576. The first kappa shape index (κ1) is 13.4. The van der Waals surface area contributed by atoms with Crippen LogP contribution in [0.4, 0.5) is 0 Å². The molecule has 0 aliphatic heterocycles. The van der Waals surface area contributed by atoms with Crippen molar-refractivity contribution < 1.29 is 14.3 Å². The summed E-state index contributed by atoms with van der Waals surface area (Å²) in [6, 6.07) is 0. The second kappa shape index (κ2) is 7.76. The lowest BCUT2D eigenvalue weighted by Gasteiger charge is -2.19. The van der Waals surface area contributed by atoms with Crippen LogP contribution in [-0.4, -0.2) is 51.3 Å². The molecule has 0 aromatic rings. The van der Waals surface area contributed by atoms with E-state index in [-0.39, 0.29) is 12.1 Å². The van der Waals surface area contributed by atoms with E-state index in [0.29, 0.717) is 6.42 Å². The zero-order valence-electron chi connectivity index (χ0n) is 9.58. The van der Waals surface area contributed by atoms with Gasteiger partial charge < -0.3 is 14.4 Å². The topological polar surface area (TPSA) is 38.8 Å². The fraction of sp³-hybridized carbons (Fsp3) is 0.900. The average Bonchev–Trinajstić information content (AvgIpc) is 2.17. The van der Waals surface area contributed by atoms with Gasteiger partial charge in [-0.3, -0.25) is 4.79 Å². The molecule has 0 saturated carbocycles. The molecular formula is C10H21NO3. The van der Waals surface area contributed by atoms with Crippen LogP contribution < -0.4 is 0 Å². The third-order valence-electron chi connectivity index (χ3n) is 2.12. The van der Waals surface area contributed by atoms with Gasteiger partial charge in [-0.25, -0.2) is 0 Å². The van der Waals surface area contributed by atoms with Crippen molar-refractivity contribution >= 4 is 5.97 Å². The van der Waals surface area contributed by atoms with Crippen LogP contribution in [0.25, 0.3) is 0 Å². The van der Waals surface area contributed by atoms with E-state index in [2.05, 4.69) is 9.64 Å². The van der Waals surface area contributed by atoms with Crippen molar-refractivity contribution in [1.82, 2.24) is 4.90 Å². The highest BCUT2D eigenvalue weighted by molar-refractivity contribution is 5.69. The molecule has 1 atom stereocenters. The maximum Gasteiger partial charge on any atom is 0.305 e. The summed E-state index contributed by atoms with van der Waals surface area (Å²) < 4.78 is 9.69. The van der Waals surface area contributed by atoms with E-state index in [1.165, 1.54) is 7.11 Å². The fourth-order valence-corrected chi connectivity index (χ4v) is 1.20. The molecule has 0 aliphatic carbocycles. The minimum atomic E-state index is -0.141. The lowest BCUT2D eigenvalue weighted by molar-refractivity contribution is -0.140. The van der Waals surface area contributed by atoms with Crippen molar-refractivity contribution in [3.8, 4) is 0 Å². The molecule has 14 heavy (non-hydrogen) atoms. The third-order valence-corrected chi connectivity index (χ3v) is 2.12. The Hall–Kier alpha value is -0.610. The van der Waals surface area contributed by atoms with Crippen molar-refractivity contribution in [2.45, 2.75) is 25.9 Å². The van der Waals surface area contributed by atoms with Crippen molar-refractivity contribution in [2.24, 2.45) is 0 Å². The van der Waals surface area contributed by atoms with Gasteiger partial charge in [0.05, 0.1) is 13.2 Å². The zero-order valence-corrected chi connectivity index (χ0v) is 9.58. The molecule has 0 spiro atoms. The SMILES string of the molecule is COC(=O)CCCN(C)CC(C)OC. The first-order chi connectivity index (χ1) is 6.60. The van der Waals surface area contributed by atoms with Gasteiger partial charge in [0.1, 0.15) is 0 Å². The molecule has 0 fully saturated rings. The van der Waals surface area contributed by atoms with Crippen LogP contribution in [0.2, 0.25) is 0 Å². The van der Waals surface area contributed by atoms with E-state index in [1.807, 2.05) is 14.0 Å². The lowest BCUT2D eigenvalue weighted by Crippen LogP contribution is -2.29. The normalized spacial score (nSPS) is 12.9. The molecule has 0 aromatic carbocycles. The Bertz CT molecular complexity index is 161. The van der Waals surface area contributed by atoms with E-state index in [4.69, 9.17) is 4.74 Å². The molecule has 4 nitrogen and oxygen atoms in total. The van der Waals surface area contributed by atoms with Gasteiger partial charge in [-0.2, -0.15) is 0 Å². The minimum Gasteiger partial charge on any atom is -0.469 e. The van der Waals surface area contributed by atoms with E-state index in [1.54, 1.807) is 7.11 Å². The Morgan fingerprint density at radius 1 is 1.43 bits per heavy atom. The molecule has 0 rings (SSSR count). The zero-order chi connectivity index (χ0) is 11.0. The van der Waals surface area contributed by atoms with Crippen LogP contribution in [0.1, 0.15) is 19.8 Å². The third kappa shape index (κ3) is 6.86. The number of likely N-dealkylation sites (N-methyl/N-ethyl adjacent to an activating group) is 1. The largest absolute Gasteiger partial charge is 0.469 e. The van der Waals surface area contributed by atoms with Gasteiger partial charge in [0.15, 0.2) is 0 Å². The van der Waals surface area contributed by atoms with Gasteiger partial charge in [-0.15, -0.1) is 0 Å². The highest BCUT2D eigenvalue weighted by atomic mass is 16.5. The van der Waals surface area contributed by atoms with Crippen LogP contribution in [0.3, 0.4) is 0 Å². The number of ether oxygens (including phenoxy) is 2. The van der Waals surface area contributed by atoms with Crippen molar-refractivity contribution in [1.29, 1.82) is 0 Å². The van der Waals surface area contributed by atoms with Crippen LogP contribution in [0.15, 0.2) is 0 Å². The molecule has 0 saturated heterocycles. The average molecular weight is 203 g/mol. The number of methoxy groups -OCH3 is 2. The second-order valence-corrected chi connectivity index (χ2v) is 3.49. The molecule has 0 bridgehead atoms. The summed E-state index contributed by atoms with van der Waals surface area (Å²) in [7, 11) is 5.14. The molecule has 4 heteroatoms. The van der Waals surface area contributed by atoms with Crippen LogP contribution in [-0.2, 0) is 14.3 Å². The van der Waals surface area contributed by atoms with E-state index in [0.717, 1.165) is 19.5 Å². The van der Waals surface area contributed by atoms with E-state index < -0.39 is 0 Å². The summed E-state index contributed by atoms with van der Waals surface area (Å²) >= 11 is 0. The number of nitrogens with zero attached hydrogens (tertiary/aromatic N) is 1. The monoisotopic (exact) mass is 203 g/mol. The summed E-state index contributed by atoms with van der Waals surface area (Å²) in [4.78, 5) is 13.0. The molecular weight excluding hydrogens is 182 g/mol. The van der Waals surface area contributed by atoms with Crippen molar-refractivity contribution in [2.75, 3.05) is 34.4 Å². The summed E-state index contributed by atoms with van der Waals surface area (Å²) in [5.74, 6) is -0.141. The number of hydrogen-bond donors (Lipinski definition) is 0. The number of hydrogen-bond acceptors (Lipinski definition) is 4. The lowest BCUT2D eigenvalue weighted by atomic mass is 10.3. The molecule has 0 radical (unpaired) electrons. The maximum atomic E-state index is 10.8. The second-order valence-electron chi connectivity index (χ2n) is 3.49. The van der Waals surface area contributed by atoms with Gasteiger partial charge >= 0.3 is 5.97 Å². The number of carbonyl (C=O) groups excluding carboxylic acids is 1. The standard InChI is InChI=1S/C10H21NO3/c1-9(13-3)8-11(2)7-5-6-10(12)14-4/h9H,5-8H2,1-4H3. The predicted octanol–water partition coefficient (Wildman–Crippen LogP) is 0.906. The molecule has 0 amide bonds. The van der Waals surface area contributed by atoms with Gasteiger partial charge in [0, 0.05) is 20.1 Å². The smallest absolute Gasteiger partial charge is 0.305 e. The Kier molecular flexibility index (Phi) is 7.42. The Morgan fingerprint density at radius 3 is 2.57 bits per heavy atom. The summed E-state index contributed by atoms with van der Waals surface area (Å²) in [6.45, 7) is 3.80. The number of rotatable bonds is 7. The highest BCUT2D eigenvalue weighted by Gasteiger charge is 2.06. The van der Waals surface area contributed by atoms with Crippen LogP contribution in [0, 0.1) is 0 Å². The Balaban J connectivity index is 3.44. The Labute approximate surface area is 86.2 Å². The number of carbonyl (C=O) groups is 1. The minimum absolute atomic E-state index is 0.141. The molecule has 0 heterocycles. The van der Waals surface area contributed by atoms with Crippen LogP contribution in [0.5, 0.6) is 0 Å². The van der Waals surface area contributed by atoms with Gasteiger partial charge in [0.2, 0.25) is 0 Å². The number of esters is 1. The highest BCUT2D eigenvalue weighted by Crippen LogP contribution is 1.97. The first-order valence-electron chi connectivity index (χ1n) is 4.88. The molecule has 0 N–H and O–H groups in total. The molecule has 0 aliphatic rings. The van der Waals surface area contributed by atoms with Gasteiger partial charge in [-0.05, 0) is 26.9 Å². The molecule has 1 unspecified atom stereocenters. The van der Waals surface area contributed by atoms with Crippen LogP contribution >= 0.6 is 0 Å². The summed E-state index contributed by atoms with van der Waals surface area (Å²) in [5.41, 5.74) is 0. The fourth-order valence-electron chi connectivity index (χ4n) is 1.20. The van der Waals surface area contributed by atoms with E-state index >= 15 is 0 Å². The Morgan fingerprint density at radius 2 is 2.07 bits per heavy atom.